The van der Waals surface area contributed by atoms with Gasteiger partial charge in [0.2, 0.25) is 0 Å². The summed E-state index contributed by atoms with van der Waals surface area (Å²) in [5.74, 6) is 1.86. The van der Waals surface area contributed by atoms with Crippen LogP contribution in [0, 0.1) is 6.92 Å². The van der Waals surface area contributed by atoms with Crippen molar-refractivity contribution in [3.63, 3.8) is 0 Å². The summed E-state index contributed by atoms with van der Waals surface area (Å²) in [6.45, 7) is 8.09. The third kappa shape index (κ3) is 6.31. The number of hydrogen-bond acceptors (Lipinski definition) is 5. The Hall–Kier alpha value is -4.29. The fourth-order valence-corrected chi connectivity index (χ4v) is 6.85. The van der Waals surface area contributed by atoms with E-state index in [0.717, 1.165) is 75.7 Å². The van der Waals surface area contributed by atoms with E-state index in [9.17, 15) is 4.79 Å². The average molecular weight is 590 g/mol. The van der Waals surface area contributed by atoms with Crippen LogP contribution >= 0.6 is 0 Å². The van der Waals surface area contributed by atoms with Gasteiger partial charge in [0.25, 0.3) is 5.91 Å². The minimum atomic E-state index is -0.132. The van der Waals surface area contributed by atoms with Crippen molar-refractivity contribution < 1.29 is 14.3 Å². The van der Waals surface area contributed by atoms with Crippen LogP contribution in [0.5, 0.6) is 11.5 Å². The van der Waals surface area contributed by atoms with Crippen LogP contribution in [0.1, 0.15) is 45.5 Å². The van der Waals surface area contributed by atoms with Crippen molar-refractivity contribution in [2.75, 3.05) is 58.4 Å². The number of methoxy groups -OCH3 is 2. The number of nitrogens with zero attached hydrogens (tertiary/aromatic N) is 3. The van der Waals surface area contributed by atoms with Crippen molar-refractivity contribution in [1.29, 1.82) is 0 Å². The Morgan fingerprint density at radius 1 is 0.705 bits per heavy atom. The van der Waals surface area contributed by atoms with Gasteiger partial charge >= 0.3 is 0 Å². The maximum atomic E-state index is 13.4. The lowest BCUT2D eigenvalue weighted by molar-refractivity contribution is 0.0746. The van der Waals surface area contributed by atoms with Gasteiger partial charge in [-0.15, -0.1) is 0 Å². The first-order valence-corrected chi connectivity index (χ1v) is 15.7. The lowest BCUT2D eigenvalue weighted by Crippen LogP contribution is -2.48. The van der Waals surface area contributed by atoms with Gasteiger partial charge in [0.05, 0.1) is 14.2 Å². The second-order valence-corrected chi connectivity index (χ2v) is 12.2. The zero-order valence-corrected chi connectivity index (χ0v) is 26.2. The summed E-state index contributed by atoms with van der Waals surface area (Å²) >= 11 is 0. The van der Waals surface area contributed by atoms with Gasteiger partial charge in [-0.2, -0.15) is 0 Å². The Bertz CT molecular complexity index is 1480. The first-order chi connectivity index (χ1) is 21.5. The van der Waals surface area contributed by atoms with Crippen molar-refractivity contribution in [3.8, 4) is 11.5 Å². The number of rotatable bonds is 8. The third-order valence-electron chi connectivity index (χ3n) is 9.43. The molecule has 0 aromatic heterocycles. The minimum absolute atomic E-state index is 0.121. The van der Waals surface area contributed by atoms with Gasteiger partial charge in [0.1, 0.15) is 11.5 Å². The highest BCUT2D eigenvalue weighted by atomic mass is 16.5. The highest BCUT2D eigenvalue weighted by Crippen LogP contribution is 2.42. The fourth-order valence-electron chi connectivity index (χ4n) is 6.85. The number of piperidine rings is 1. The molecule has 0 radical (unpaired) electrons. The molecular formula is C38H43N3O3. The molecule has 2 fully saturated rings. The van der Waals surface area contributed by atoms with Gasteiger partial charge in [0, 0.05) is 55.9 Å². The average Bonchev–Trinajstić information content (AvgIpc) is 3.09. The van der Waals surface area contributed by atoms with Crippen molar-refractivity contribution in [3.05, 3.63) is 125 Å². The molecule has 2 aliphatic heterocycles. The molecule has 0 atom stereocenters. The molecule has 228 valence electrons. The van der Waals surface area contributed by atoms with E-state index in [1.165, 1.54) is 27.9 Å². The maximum Gasteiger partial charge on any atom is 0.253 e. The number of ether oxygens (including phenoxy) is 2. The van der Waals surface area contributed by atoms with E-state index >= 15 is 0 Å². The van der Waals surface area contributed by atoms with Crippen molar-refractivity contribution in [1.82, 2.24) is 9.80 Å². The normalized spacial score (nSPS) is 16.9. The summed E-state index contributed by atoms with van der Waals surface area (Å²) in [5.41, 5.74) is 6.96. The van der Waals surface area contributed by atoms with Crippen LogP contribution in [0.3, 0.4) is 0 Å². The number of anilines is 1. The Balaban J connectivity index is 1.13. The summed E-state index contributed by atoms with van der Waals surface area (Å²) in [5, 5.41) is 0. The molecule has 2 saturated heterocycles. The van der Waals surface area contributed by atoms with E-state index in [4.69, 9.17) is 9.47 Å². The van der Waals surface area contributed by atoms with Gasteiger partial charge in [-0.05, 0) is 91.5 Å². The molecule has 0 aliphatic carbocycles. The van der Waals surface area contributed by atoms with Crippen molar-refractivity contribution in [2.24, 2.45) is 0 Å². The van der Waals surface area contributed by atoms with Gasteiger partial charge < -0.3 is 19.3 Å². The lowest BCUT2D eigenvalue weighted by Gasteiger charge is -2.44. The molecule has 6 rings (SSSR count). The number of aryl methyl sites for hydroxylation is 1. The largest absolute Gasteiger partial charge is 0.497 e. The molecule has 0 N–H and O–H groups in total. The zero-order valence-electron chi connectivity index (χ0n) is 26.2. The number of carbonyl (C=O) groups is 1. The molecule has 44 heavy (non-hydrogen) atoms. The Kier molecular flexibility index (Phi) is 8.89. The maximum absolute atomic E-state index is 13.4. The number of likely N-dealkylation sites (tertiary alicyclic amines) is 1. The molecule has 0 unspecified atom stereocenters. The van der Waals surface area contributed by atoms with E-state index in [0.29, 0.717) is 0 Å². The summed E-state index contributed by atoms with van der Waals surface area (Å²) in [6, 6.07) is 34.1. The Labute approximate surface area is 261 Å². The van der Waals surface area contributed by atoms with Crippen LogP contribution in [0.15, 0.2) is 97.1 Å². The number of piperazine rings is 1. The van der Waals surface area contributed by atoms with E-state index in [1.54, 1.807) is 14.2 Å². The van der Waals surface area contributed by atoms with E-state index in [1.807, 2.05) is 17.0 Å². The molecule has 4 aromatic rings. The van der Waals surface area contributed by atoms with E-state index in [-0.39, 0.29) is 11.3 Å². The number of carbonyl (C=O) groups excluding carboxylic acids is 1. The number of amides is 1. The molecular weight excluding hydrogens is 546 g/mol. The highest BCUT2D eigenvalue weighted by Gasteiger charge is 2.39. The second-order valence-electron chi connectivity index (χ2n) is 12.2. The van der Waals surface area contributed by atoms with Crippen LogP contribution in [0.2, 0.25) is 0 Å². The van der Waals surface area contributed by atoms with E-state index < -0.39 is 0 Å². The third-order valence-corrected chi connectivity index (χ3v) is 9.43. The highest BCUT2D eigenvalue weighted by molar-refractivity contribution is 5.94. The molecule has 1 amide bonds. The van der Waals surface area contributed by atoms with Gasteiger partial charge in [-0.3, -0.25) is 9.69 Å². The SMILES string of the molecule is COc1ccc(C2(c3ccc(OC)cc3)CCCN(Cc3ccc(C(=O)N4CCN(c5ccc(C)cc5)CC4)cc3)C2)cc1. The molecule has 0 saturated carbocycles. The fraction of sp³-hybridized carbons (Fsp3) is 0.342. The summed E-state index contributed by atoms with van der Waals surface area (Å²) < 4.78 is 10.9. The molecule has 2 heterocycles. The monoisotopic (exact) mass is 589 g/mol. The van der Waals surface area contributed by atoms with Crippen LogP contribution in [0.25, 0.3) is 0 Å². The molecule has 2 aliphatic rings. The standard InChI is InChI=1S/C38H43N3O3/c1-29-5-15-34(16-6-29)40-23-25-41(26-24-40)37(42)31-9-7-30(8-10-31)27-39-22-4-21-38(28-39,32-11-17-35(43-2)18-12-32)33-13-19-36(44-3)20-14-33/h5-20H,4,21-28H2,1-3H3. The first kappa shape index (κ1) is 29.8. The predicted molar refractivity (Wildman–Crippen MR) is 177 cm³/mol. The van der Waals surface area contributed by atoms with Gasteiger partial charge in [0.15, 0.2) is 0 Å². The predicted octanol–water partition coefficient (Wildman–Crippen LogP) is 6.56. The second kappa shape index (κ2) is 13.1. The van der Waals surface area contributed by atoms with Crippen LogP contribution in [-0.4, -0.2) is 69.2 Å². The number of hydrogen-bond donors (Lipinski definition) is 0. The quantitative estimate of drug-likeness (QED) is 0.233. The Morgan fingerprint density at radius 3 is 1.82 bits per heavy atom. The van der Waals surface area contributed by atoms with Crippen LogP contribution in [-0.2, 0) is 12.0 Å². The van der Waals surface area contributed by atoms with Gasteiger partial charge in [-0.25, -0.2) is 0 Å². The first-order valence-electron chi connectivity index (χ1n) is 15.7. The van der Waals surface area contributed by atoms with Crippen LogP contribution < -0.4 is 14.4 Å². The summed E-state index contributed by atoms with van der Waals surface area (Å²) in [7, 11) is 3.42. The van der Waals surface area contributed by atoms with Crippen LogP contribution in [0.4, 0.5) is 5.69 Å². The van der Waals surface area contributed by atoms with Gasteiger partial charge in [-0.1, -0.05) is 54.1 Å². The molecule has 6 heteroatoms. The molecule has 6 nitrogen and oxygen atoms in total. The smallest absolute Gasteiger partial charge is 0.253 e. The van der Waals surface area contributed by atoms with E-state index in [2.05, 4.69) is 102 Å². The number of benzene rings is 4. The minimum Gasteiger partial charge on any atom is -0.497 e. The lowest BCUT2D eigenvalue weighted by atomic mass is 9.69. The summed E-state index contributed by atoms with van der Waals surface area (Å²) in [6.07, 6.45) is 2.18. The molecule has 4 aromatic carbocycles. The molecule has 0 bridgehead atoms. The molecule has 0 spiro atoms. The topological polar surface area (TPSA) is 45.3 Å². The Morgan fingerprint density at radius 2 is 1.27 bits per heavy atom. The summed E-state index contributed by atoms with van der Waals surface area (Å²) in [4.78, 5) is 20.3. The zero-order chi connectivity index (χ0) is 30.5. The van der Waals surface area contributed by atoms with Crippen molar-refractivity contribution in [2.45, 2.75) is 31.7 Å². The van der Waals surface area contributed by atoms with Crippen molar-refractivity contribution >= 4 is 11.6 Å².